The Labute approximate surface area is 101 Å². The average Bonchev–Trinajstić information content (AvgIpc) is 2.76. The van der Waals surface area contributed by atoms with E-state index in [2.05, 4.69) is 24.9 Å². The van der Waals surface area contributed by atoms with Crippen molar-refractivity contribution < 1.29 is 9.53 Å². The van der Waals surface area contributed by atoms with Crippen LogP contribution in [0.2, 0.25) is 0 Å². The number of esters is 1. The first kappa shape index (κ1) is 11.6. The number of carbonyl (C=O) groups excluding carboxylic acids is 1. The predicted octanol–water partition coefficient (Wildman–Crippen LogP) is 0.590. The zero-order valence-electron chi connectivity index (χ0n) is 9.14. The average molecular weight is 253 g/mol. The molecule has 7 nitrogen and oxygen atoms in total. The number of carbonyl (C=O) groups is 1. The van der Waals surface area contributed by atoms with E-state index in [4.69, 9.17) is 5.73 Å². The van der Waals surface area contributed by atoms with Crippen molar-refractivity contribution in [2.45, 2.75) is 11.4 Å². The van der Waals surface area contributed by atoms with E-state index in [1.54, 1.807) is 6.20 Å². The van der Waals surface area contributed by atoms with Crippen LogP contribution in [-0.2, 0) is 9.53 Å². The summed E-state index contributed by atoms with van der Waals surface area (Å²) in [5.74, 6) is 0.508. The standard InChI is InChI=1S/C9H11N5O2S/c1-16-6(15)2-3-17-8-5-4-11-14-7(5)12-9(10)13-8/h4H,2-3H2,1H3,(H3,10,11,12,13,14). The van der Waals surface area contributed by atoms with E-state index in [1.165, 1.54) is 18.9 Å². The number of H-pyrrole nitrogens is 1. The molecule has 0 unspecified atom stereocenters. The SMILES string of the molecule is COC(=O)CCSc1nc(N)nc2[nH]ncc12. The van der Waals surface area contributed by atoms with Gasteiger partial charge in [0.1, 0.15) is 5.03 Å². The van der Waals surface area contributed by atoms with Crippen molar-refractivity contribution in [2.24, 2.45) is 0 Å². The third-order valence-corrected chi connectivity index (χ3v) is 3.06. The summed E-state index contributed by atoms with van der Waals surface area (Å²) in [5, 5.41) is 8.11. The second-order valence-electron chi connectivity index (χ2n) is 3.19. The molecule has 0 fully saturated rings. The molecule has 0 radical (unpaired) electrons. The Bertz CT molecular complexity index is 541. The fraction of sp³-hybridized carbons (Fsp3) is 0.333. The number of aromatic nitrogens is 4. The van der Waals surface area contributed by atoms with Crippen LogP contribution in [0, 0.1) is 0 Å². The molecule has 2 aromatic rings. The van der Waals surface area contributed by atoms with Crippen molar-refractivity contribution in [3.63, 3.8) is 0 Å². The highest BCUT2D eigenvalue weighted by Crippen LogP contribution is 2.24. The van der Waals surface area contributed by atoms with Crippen LogP contribution in [0.5, 0.6) is 0 Å². The van der Waals surface area contributed by atoms with Crippen molar-refractivity contribution in [2.75, 3.05) is 18.6 Å². The van der Waals surface area contributed by atoms with Gasteiger partial charge in [0.05, 0.1) is 25.1 Å². The van der Waals surface area contributed by atoms with Gasteiger partial charge in [0.15, 0.2) is 5.65 Å². The van der Waals surface area contributed by atoms with Gasteiger partial charge < -0.3 is 10.5 Å². The van der Waals surface area contributed by atoms with E-state index < -0.39 is 0 Å². The van der Waals surface area contributed by atoms with Gasteiger partial charge in [0.25, 0.3) is 0 Å². The van der Waals surface area contributed by atoms with E-state index in [9.17, 15) is 4.79 Å². The smallest absolute Gasteiger partial charge is 0.306 e. The molecule has 0 spiro atoms. The van der Waals surface area contributed by atoms with E-state index in [-0.39, 0.29) is 11.9 Å². The number of nitrogens with two attached hydrogens (primary N) is 1. The molecule has 0 bridgehead atoms. The summed E-state index contributed by atoms with van der Waals surface area (Å²) < 4.78 is 4.56. The molecule has 0 aromatic carbocycles. The maximum atomic E-state index is 11.0. The highest BCUT2D eigenvalue weighted by molar-refractivity contribution is 7.99. The van der Waals surface area contributed by atoms with E-state index in [0.29, 0.717) is 22.8 Å². The van der Waals surface area contributed by atoms with Gasteiger partial charge in [0.2, 0.25) is 5.95 Å². The molecule has 3 N–H and O–H groups in total. The molecule has 17 heavy (non-hydrogen) atoms. The molecule has 0 aliphatic heterocycles. The van der Waals surface area contributed by atoms with Crippen molar-refractivity contribution in [1.82, 2.24) is 20.2 Å². The fourth-order valence-electron chi connectivity index (χ4n) is 1.27. The van der Waals surface area contributed by atoms with Gasteiger partial charge in [0, 0.05) is 5.75 Å². The van der Waals surface area contributed by atoms with Gasteiger partial charge >= 0.3 is 5.97 Å². The highest BCUT2D eigenvalue weighted by atomic mass is 32.2. The zero-order chi connectivity index (χ0) is 12.3. The van der Waals surface area contributed by atoms with E-state index in [1.807, 2.05) is 0 Å². The van der Waals surface area contributed by atoms with Gasteiger partial charge in [-0.1, -0.05) is 0 Å². The molecule has 0 atom stereocenters. The Kier molecular flexibility index (Phi) is 3.43. The van der Waals surface area contributed by atoms with Gasteiger partial charge in [-0.05, 0) is 0 Å². The topological polar surface area (TPSA) is 107 Å². The molecule has 90 valence electrons. The molecule has 0 amide bonds. The largest absolute Gasteiger partial charge is 0.469 e. The predicted molar refractivity (Wildman–Crippen MR) is 63.5 cm³/mol. The van der Waals surface area contributed by atoms with Gasteiger partial charge in [-0.2, -0.15) is 10.1 Å². The Hall–Kier alpha value is -1.83. The molecular weight excluding hydrogens is 242 g/mol. The lowest BCUT2D eigenvalue weighted by Gasteiger charge is -2.02. The number of rotatable bonds is 4. The molecule has 2 aromatic heterocycles. The Balaban J connectivity index is 2.12. The number of hydrogen-bond donors (Lipinski definition) is 2. The summed E-state index contributed by atoms with van der Waals surface area (Å²) in [5.41, 5.74) is 6.16. The zero-order valence-corrected chi connectivity index (χ0v) is 9.95. The normalized spacial score (nSPS) is 10.6. The molecule has 8 heteroatoms. The minimum absolute atomic E-state index is 0.183. The number of aromatic amines is 1. The van der Waals surface area contributed by atoms with Crippen LogP contribution in [0.3, 0.4) is 0 Å². The van der Waals surface area contributed by atoms with Gasteiger partial charge in [-0.15, -0.1) is 11.8 Å². The number of thioether (sulfide) groups is 1. The Morgan fingerprint density at radius 3 is 3.18 bits per heavy atom. The second kappa shape index (κ2) is 5.00. The number of methoxy groups -OCH3 is 1. The van der Waals surface area contributed by atoms with Gasteiger partial charge in [-0.25, -0.2) is 4.98 Å². The number of ether oxygens (including phenoxy) is 1. The van der Waals surface area contributed by atoms with Crippen LogP contribution in [0.25, 0.3) is 11.0 Å². The maximum Gasteiger partial charge on any atom is 0.306 e. The summed E-state index contributed by atoms with van der Waals surface area (Å²) >= 11 is 1.42. The summed E-state index contributed by atoms with van der Waals surface area (Å²) in [6.07, 6.45) is 1.96. The maximum absolute atomic E-state index is 11.0. The lowest BCUT2D eigenvalue weighted by Crippen LogP contribution is -2.02. The van der Waals surface area contributed by atoms with Crippen LogP contribution in [0.15, 0.2) is 11.2 Å². The monoisotopic (exact) mass is 253 g/mol. The molecule has 0 aliphatic carbocycles. The quantitative estimate of drug-likeness (QED) is 0.466. The van der Waals surface area contributed by atoms with Crippen molar-refractivity contribution in [1.29, 1.82) is 0 Å². The summed E-state index contributed by atoms with van der Waals surface area (Å²) in [6.45, 7) is 0. The lowest BCUT2D eigenvalue weighted by atomic mass is 10.4. The number of anilines is 1. The number of hydrogen-bond acceptors (Lipinski definition) is 7. The van der Waals surface area contributed by atoms with Crippen LogP contribution in [0.1, 0.15) is 6.42 Å². The van der Waals surface area contributed by atoms with Crippen LogP contribution in [0.4, 0.5) is 5.95 Å². The first-order valence-corrected chi connectivity index (χ1v) is 5.85. The molecular formula is C9H11N5O2S. The molecule has 2 heterocycles. The first-order valence-electron chi connectivity index (χ1n) is 4.87. The van der Waals surface area contributed by atoms with Crippen molar-refractivity contribution >= 4 is 34.7 Å². The highest BCUT2D eigenvalue weighted by Gasteiger charge is 2.09. The lowest BCUT2D eigenvalue weighted by molar-refractivity contribution is -0.140. The molecule has 2 rings (SSSR count). The summed E-state index contributed by atoms with van der Waals surface area (Å²) in [6, 6.07) is 0. The van der Waals surface area contributed by atoms with E-state index >= 15 is 0 Å². The minimum atomic E-state index is -0.247. The third-order valence-electron chi connectivity index (χ3n) is 2.06. The number of nitrogens with zero attached hydrogens (tertiary/aromatic N) is 3. The first-order chi connectivity index (χ1) is 8.20. The summed E-state index contributed by atoms with van der Waals surface area (Å²) in [4.78, 5) is 19.1. The fourth-order valence-corrected chi connectivity index (χ4v) is 2.19. The van der Waals surface area contributed by atoms with Crippen LogP contribution >= 0.6 is 11.8 Å². The number of nitrogens with one attached hydrogen (secondary N) is 1. The minimum Gasteiger partial charge on any atom is -0.469 e. The second-order valence-corrected chi connectivity index (χ2v) is 4.28. The third kappa shape index (κ3) is 2.64. The van der Waals surface area contributed by atoms with Crippen LogP contribution in [-0.4, -0.2) is 39.0 Å². The molecule has 0 saturated heterocycles. The van der Waals surface area contributed by atoms with E-state index in [0.717, 1.165) is 5.39 Å². The van der Waals surface area contributed by atoms with Gasteiger partial charge in [-0.3, -0.25) is 9.89 Å². The van der Waals surface area contributed by atoms with Crippen molar-refractivity contribution in [3.05, 3.63) is 6.20 Å². The number of nitrogen functional groups attached to an aromatic ring is 1. The molecule has 0 aliphatic rings. The Morgan fingerprint density at radius 2 is 2.41 bits per heavy atom. The Morgan fingerprint density at radius 1 is 1.59 bits per heavy atom. The van der Waals surface area contributed by atoms with Crippen molar-refractivity contribution in [3.8, 4) is 0 Å². The molecule has 0 saturated carbocycles. The number of fused-ring (bicyclic) bond motifs is 1. The summed E-state index contributed by atoms with van der Waals surface area (Å²) in [7, 11) is 1.37. The van der Waals surface area contributed by atoms with Crippen LogP contribution < -0.4 is 5.73 Å².